The number of benzene rings is 2. The number of anilines is 1. The van der Waals surface area contributed by atoms with Crippen molar-refractivity contribution in [2.45, 2.75) is 12.3 Å². The van der Waals surface area contributed by atoms with E-state index in [-0.39, 0.29) is 24.1 Å². The summed E-state index contributed by atoms with van der Waals surface area (Å²) in [6.45, 7) is 0. The summed E-state index contributed by atoms with van der Waals surface area (Å²) >= 11 is 6.04. The van der Waals surface area contributed by atoms with Crippen LogP contribution in [0.4, 0.5) is 10.2 Å². The average molecular weight is 342 g/mol. The van der Waals surface area contributed by atoms with Crippen LogP contribution in [0.15, 0.2) is 54.7 Å². The van der Waals surface area contributed by atoms with Gasteiger partial charge in [0.2, 0.25) is 5.91 Å². The second-order valence-electron chi connectivity index (χ2n) is 5.67. The van der Waals surface area contributed by atoms with Gasteiger partial charge in [-0.3, -0.25) is 4.79 Å². The predicted molar refractivity (Wildman–Crippen MR) is 90.1 cm³/mol. The molecule has 1 aromatic heterocycles. The molecule has 1 atom stereocenters. The van der Waals surface area contributed by atoms with E-state index in [4.69, 9.17) is 11.6 Å². The molecule has 1 aliphatic rings. The van der Waals surface area contributed by atoms with E-state index in [1.807, 2.05) is 12.1 Å². The molecule has 0 fully saturated rings. The molecule has 0 saturated carbocycles. The molecule has 3 aromatic rings. The molecule has 1 aliphatic heterocycles. The fraction of sp³-hybridized carbons (Fsp3) is 0.111. The number of hydrogen-bond acceptors (Lipinski definition) is 2. The number of hydrogen-bond donors (Lipinski definition) is 1. The van der Waals surface area contributed by atoms with Crippen molar-refractivity contribution in [1.29, 1.82) is 0 Å². The Labute approximate surface area is 142 Å². The monoisotopic (exact) mass is 341 g/mol. The summed E-state index contributed by atoms with van der Waals surface area (Å²) in [4.78, 5) is 12.2. The summed E-state index contributed by atoms with van der Waals surface area (Å²) in [6.07, 6.45) is 1.86. The van der Waals surface area contributed by atoms with Crippen LogP contribution in [0.3, 0.4) is 0 Å². The number of carbonyl (C=O) groups excluding carboxylic acids is 1. The third-order valence-electron chi connectivity index (χ3n) is 4.15. The normalized spacial score (nSPS) is 16.6. The Hall–Kier alpha value is -2.66. The molecule has 0 aliphatic carbocycles. The lowest BCUT2D eigenvalue weighted by molar-refractivity contribution is -0.116. The van der Waals surface area contributed by atoms with Gasteiger partial charge in [-0.1, -0.05) is 35.9 Å². The van der Waals surface area contributed by atoms with Gasteiger partial charge in [0, 0.05) is 22.9 Å². The number of nitrogens with zero attached hydrogens (tertiary/aromatic N) is 2. The first-order valence-corrected chi connectivity index (χ1v) is 7.89. The number of nitrogens with one attached hydrogen (secondary N) is 1. The Morgan fingerprint density at radius 3 is 2.79 bits per heavy atom. The highest BCUT2D eigenvalue weighted by molar-refractivity contribution is 6.30. The maximum absolute atomic E-state index is 14.2. The van der Waals surface area contributed by atoms with Gasteiger partial charge in [-0.2, -0.15) is 5.10 Å². The quantitative estimate of drug-likeness (QED) is 0.761. The maximum Gasteiger partial charge on any atom is 0.226 e. The third-order valence-corrected chi connectivity index (χ3v) is 4.39. The minimum absolute atomic E-state index is 0.167. The molecule has 1 amide bonds. The van der Waals surface area contributed by atoms with Crippen LogP contribution >= 0.6 is 11.6 Å². The van der Waals surface area contributed by atoms with Crippen LogP contribution in [0.25, 0.3) is 5.69 Å². The van der Waals surface area contributed by atoms with Crippen LogP contribution in [-0.2, 0) is 4.79 Å². The van der Waals surface area contributed by atoms with Crippen LogP contribution in [0.2, 0.25) is 5.02 Å². The third kappa shape index (κ3) is 2.47. The maximum atomic E-state index is 14.2. The summed E-state index contributed by atoms with van der Waals surface area (Å²) in [5, 5.41) is 7.79. The summed E-state index contributed by atoms with van der Waals surface area (Å²) in [5.74, 6) is -0.289. The number of aromatic nitrogens is 2. The van der Waals surface area contributed by atoms with Gasteiger partial charge >= 0.3 is 0 Å². The molecule has 1 N–H and O–H groups in total. The Kier molecular flexibility index (Phi) is 3.58. The van der Waals surface area contributed by atoms with Gasteiger partial charge in [0.15, 0.2) is 0 Å². The number of halogens is 2. The minimum Gasteiger partial charge on any atom is -0.310 e. The topological polar surface area (TPSA) is 46.9 Å². The largest absolute Gasteiger partial charge is 0.310 e. The molecular formula is C18H13ClFN3O. The molecule has 4 nitrogen and oxygen atoms in total. The van der Waals surface area contributed by atoms with Gasteiger partial charge in [0.05, 0.1) is 11.9 Å². The Morgan fingerprint density at radius 2 is 2.00 bits per heavy atom. The van der Waals surface area contributed by atoms with E-state index in [2.05, 4.69) is 10.4 Å². The highest BCUT2D eigenvalue weighted by Gasteiger charge is 2.31. The highest BCUT2D eigenvalue weighted by Crippen LogP contribution is 2.38. The van der Waals surface area contributed by atoms with E-state index in [0.717, 1.165) is 11.3 Å². The van der Waals surface area contributed by atoms with Crippen molar-refractivity contribution < 1.29 is 9.18 Å². The highest BCUT2D eigenvalue weighted by atomic mass is 35.5. The van der Waals surface area contributed by atoms with E-state index in [9.17, 15) is 9.18 Å². The first-order valence-electron chi connectivity index (χ1n) is 7.51. The Morgan fingerprint density at radius 1 is 1.17 bits per heavy atom. The van der Waals surface area contributed by atoms with E-state index in [0.29, 0.717) is 16.4 Å². The van der Waals surface area contributed by atoms with Crippen LogP contribution in [-0.4, -0.2) is 15.7 Å². The fourth-order valence-electron chi connectivity index (χ4n) is 3.06. The smallest absolute Gasteiger partial charge is 0.226 e. The first-order chi connectivity index (χ1) is 11.6. The molecule has 2 aromatic carbocycles. The molecule has 120 valence electrons. The molecule has 4 rings (SSSR count). The molecule has 24 heavy (non-hydrogen) atoms. The van der Waals surface area contributed by atoms with E-state index in [1.165, 1.54) is 6.07 Å². The molecule has 6 heteroatoms. The Bertz CT molecular complexity index is 938. The molecule has 0 saturated heterocycles. The molecular weight excluding hydrogens is 329 g/mol. The van der Waals surface area contributed by atoms with Crippen molar-refractivity contribution in [2.24, 2.45) is 0 Å². The lowest BCUT2D eigenvalue weighted by atomic mass is 9.87. The summed E-state index contributed by atoms with van der Waals surface area (Å²) in [6, 6.07) is 13.7. The summed E-state index contributed by atoms with van der Waals surface area (Å²) in [5.41, 5.74) is 2.03. The molecule has 0 bridgehead atoms. The van der Waals surface area contributed by atoms with E-state index >= 15 is 0 Å². The molecule has 0 spiro atoms. The number of carbonyl (C=O) groups is 1. The summed E-state index contributed by atoms with van der Waals surface area (Å²) < 4.78 is 15.8. The lowest BCUT2D eigenvalue weighted by Gasteiger charge is -2.24. The van der Waals surface area contributed by atoms with Crippen LogP contribution < -0.4 is 5.32 Å². The second-order valence-corrected chi connectivity index (χ2v) is 6.10. The fourth-order valence-corrected chi connectivity index (χ4v) is 3.24. The standard InChI is InChI=1S/C18H13ClFN3O/c19-11-4-3-5-12(8-11)23-18-15(10-21-23)14(9-17(24)22-18)13-6-1-2-7-16(13)20/h1-8,10,14H,9H2,(H,22,24)/t14-/m1/s1. The zero-order valence-electron chi connectivity index (χ0n) is 12.5. The number of fused-ring (bicyclic) bond motifs is 1. The molecule has 0 radical (unpaired) electrons. The zero-order valence-corrected chi connectivity index (χ0v) is 13.3. The van der Waals surface area contributed by atoms with Gasteiger partial charge in [-0.05, 0) is 29.8 Å². The number of amides is 1. The van der Waals surface area contributed by atoms with Gasteiger partial charge < -0.3 is 5.32 Å². The van der Waals surface area contributed by atoms with Gasteiger partial charge in [-0.25, -0.2) is 9.07 Å². The molecule has 0 unspecified atom stereocenters. The van der Waals surface area contributed by atoms with Crippen molar-refractivity contribution in [1.82, 2.24) is 9.78 Å². The van der Waals surface area contributed by atoms with Crippen LogP contribution in [0.5, 0.6) is 0 Å². The van der Waals surface area contributed by atoms with Crippen molar-refractivity contribution in [3.63, 3.8) is 0 Å². The van der Waals surface area contributed by atoms with Crippen molar-refractivity contribution in [3.05, 3.63) is 76.7 Å². The lowest BCUT2D eigenvalue weighted by Crippen LogP contribution is -2.25. The van der Waals surface area contributed by atoms with E-state index < -0.39 is 0 Å². The van der Waals surface area contributed by atoms with Crippen molar-refractivity contribution in [3.8, 4) is 5.69 Å². The second kappa shape index (κ2) is 5.76. The van der Waals surface area contributed by atoms with Crippen LogP contribution in [0, 0.1) is 5.82 Å². The zero-order chi connectivity index (χ0) is 16.7. The Balaban J connectivity index is 1.85. The number of rotatable bonds is 2. The first kappa shape index (κ1) is 14.9. The molecule has 2 heterocycles. The van der Waals surface area contributed by atoms with Gasteiger partial charge in [0.25, 0.3) is 0 Å². The van der Waals surface area contributed by atoms with Gasteiger partial charge in [-0.15, -0.1) is 0 Å². The van der Waals surface area contributed by atoms with E-state index in [1.54, 1.807) is 41.2 Å². The average Bonchev–Trinajstić information content (AvgIpc) is 2.98. The van der Waals surface area contributed by atoms with Gasteiger partial charge in [0.1, 0.15) is 11.6 Å². The van der Waals surface area contributed by atoms with Crippen molar-refractivity contribution >= 4 is 23.3 Å². The minimum atomic E-state index is -0.358. The SMILES string of the molecule is O=C1C[C@H](c2ccccc2F)c2cnn(-c3cccc(Cl)c3)c2N1. The van der Waals surface area contributed by atoms with Crippen molar-refractivity contribution in [2.75, 3.05) is 5.32 Å². The summed E-state index contributed by atoms with van der Waals surface area (Å²) in [7, 11) is 0. The predicted octanol–water partition coefficient (Wildman–Crippen LogP) is 4.14. The van der Waals surface area contributed by atoms with Crippen LogP contribution in [0.1, 0.15) is 23.5 Å².